The van der Waals surface area contributed by atoms with E-state index in [2.05, 4.69) is 13.0 Å². The van der Waals surface area contributed by atoms with Gasteiger partial charge in [-0.1, -0.05) is 30.7 Å². The highest BCUT2D eigenvalue weighted by Crippen LogP contribution is 2.69. The molecule has 3 N–H and O–H groups in total. The van der Waals surface area contributed by atoms with Crippen LogP contribution in [0.4, 0.5) is 0 Å². The summed E-state index contributed by atoms with van der Waals surface area (Å²) < 4.78 is 23.3. The summed E-state index contributed by atoms with van der Waals surface area (Å²) in [5, 5.41) is 34.7. The monoisotopic (exact) mass is 504 g/mol. The summed E-state index contributed by atoms with van der Waals surface area (Å²) in [4.78, 5) is 13.1. The van der Waals surface area contributed by atoms with E-state index in [-0.39, 0.29) is 41.7 Å². The van der Waals surface area contributed by atoms with Crippen molar-refractivity contribution in [2.45, 2.75) is 114 Å². The molecule has 1 spiro atoms. The first-order valence-electron chi connectivity index (χ1n) is 13.6. The van der Waals surface area contributed by atoms with Crippen molar-refractivity contribution in [3.63, 3.8) is 0 Å². The fourth-order valence-electron chi connectivity index (χ4n) is 8.80. The van der Waals surface area contributed by atoms with E-state index in [1.807, 2.05) is 26.0 Å². The van der Waals surface area contributed by atoms with Gasteiger partial charge in [-0.3, -0.25) is 4.79 Å². The second-order valence-electron chi connectivity index (χ2n) is 12.4. The van der Waals surface area contributed by atoms with E-state index < -0.39 is 35.0 Å². The first-order chi connectivity index (χ1) is 17.0. The van der Waals surface area contributed by atoms with Crippen LogP contribution in [0.5, 0.6) is 0 Å². The number of aliphatic hydroxyl groups is 3. The van der Waals surface area contributed by atoms with Crippen LogP contribution in [-0.4, -0.2) is 76.4 Å². The first-order valence-corrected chi connectivity index (χ1v) is 13.6. The molecule has 2 aliphatic heterocycles. The predicted octanol–water partition coefficient (Wildman–Crippen LogP) is 2.39. The highest BCUT2D eigenvalue weighted by atomic mass is 16.7. The van der Waals surface area contributed by atoms with Gasteiger partial charge in [0, 0.05) is 25.4 Å². The van der Waals surface area contributed by atoms with Crippen LogP contribution in [0.25, 0.3) is 0 Å². The molecule has 0 aromatic carbocycles. The summed E-state index contributed by atoms with van der Waals surface area (Å²) in [5.41, 5.74) is -3.28. The van der Waals surface area contributed by atoms with Gasteiger partial charge in [0.05, 0.1) is 18.3 Å². The van der Waals surface area contributed by atoms with E-state index in [1.54, 1.807) is 7.11 Å². The molecular weight excluding hydrogens is 464 g/mol. The van der Waals surface area contributed by atoms with Crippen LogP contribution in [0.2, 0.25) is 0 Å². The Labute approximate surface area is 212 Å². The standard InChI is InChI=1S/C28H40O8/c1-15-19-7-12-28(32)26(19,24(30)35-15)10-8-21-25(3)9-6-18(13-17(25)5-11-27(21,28)31)36-22-14-20(33-4)23(29)16(2)34-22/h5,8,10,15-16,18-23,29,31-32H,6-7,9,11-14H2,1-4H3. The van der Waals surface area contributed by atoms with Gasteiger partial charge < -0.3 is 34.3 Å². The second-order valence-corrected chi connectivity index (χ2v) is 12.4. The minimum Gasteiger partial charge on any atom is -0.462 e. The van der Waals surface area contributed by atoms with Crippen molar-refractivity contribution in [2.24, 2.45) is 22.7 Å². The molecule has 8 heteroatoms. The molecule has 12 atom stereocenters. The smallest absolute Gasteiger partial charge is 0.319 e. The maximum Gasteiger partial charge on any atom is 0.319 e. The Bertz CT molecular complexity index is 994. The lowest BCUT2D eigenvalue weighted by Crippen LogP contribution is -2.71. The quantitative estimate of drug-likeness (QED) is 0.397. The molecule has 0 aromatic rings. The SMILES string of the molecule is COC1CC(OC2CCC3(C)C(=CCC4(O)C3C=CC35C(=O)OC(C)C3CCC45O)C2)OC(C)C1O. The third-order valence-corrected chi connectivity index (χ3v) is 10.9. The number of esters is 1. The van der Waals surface area contributed by atoms with Crippen LogP contribution < -0.4 is 0 Å². The zero-order valence-corrected chi connectivity index (χ0v) is 21.7. The molecule has 2 saturated heterocycles. The zero-order chi connectivity index (χ0) is 25.7. The normalized spacial score (nSPS) is 55.8. The lowest BCUT2D eigenvalue weighted by atomic mass is 9.46. The number of fused-ring (bicyclic) bond motifs is 4. The summed E-state index contributed by atoms with van der Waals surface area (Å²) in [7, 11) is 1.59. The highest BCUT2D eigenvalue weighted by Gasteiger charge is 2.78. The molecule has 2 heterocycles. The van der Waals surface area contributed by atoms with Crippen molar-refractivity contribution in [3.8, 4) is 0 Å². The van der Waals surface area contributed by atoms with E-state index in [4.69, 9.17) is 18.9 Å². The van der Waals surface area contributed by atoms with E-state index >= 15 is 0 Å². The maximum atomic E-state index is 13.1. The van der Waals surface area contributed by atoms with Gasteiger partial charge in [0.2, 0.25) is 0 Å². The van der Waals surface area contributed by atoms with Gasteiger partial charge in [0.25, 0.3) is 0 Å². The molecule has 36 heavy (non-hydrogen) atoms. The molecule has 0 bridgehead atoms. The third-order valence-electron chi connectivity index (χ3n) is 10.9. The molecule has 0 radical (unpaired) electrons. The Morgan fingerprint density at radius 2 is 1.92 bits per heavy atom. The Balaban J connectivity index is 1.25. The second kappa shape index (κ2) is 8.10. The van der Waals surface area contributed by atoms with E-state index in [0.717, 1.165) is 19.3 Å². The molecular formula is C28H40O8. The molecule has 12 unspecified atom stereocenters. The van der Waals surface area contributed by atoms with Crippen LogP contribution in [0, 0.1) is 22.7 Å². The molecule has 0 aromatic heterocycles. The summed E-state index contributed by atoms with van der Waals surface area (Å²) in [6.07, 6.45) is 7.98. The molecule has 4 aliphatic carbocycles. The molecule has 6 aliphatic rings. The van der Waals surface area contributed by atoms with Gasteiger partial charge in [-0.05, 0) is 57.8 Å². The van der Waals surface area contributed by atoms with Crippen LogP contribution in [0.15, 0.2) is 23.8 Å². The number of ether oxygens (including phenoxy) is 4. The van der Waals surface area contributed by atoms with Gasteiger partial charge in [-0.15, -0.1) is 0 Å². The maximum absolute atomic E-state index is 13.1. The van der Waals surface area contributed by atoms with Crippen LogP contribution in [0.1, 0.15) is 65.7 Å². The number of rotatable bonds is 3. The Morgan fingerprint density at radius 3 is 2.67 bits per heavy atom. The van der Waals surface area contributed by atoms with Crippen LogP contribution in [-0.2, 0) is 23.7 Å². The topological polar surface area (TPSA) is 115 Å². The number of cyclic esters (lactones) is 1. The molecule has 200 valence electrons. The van der Waals surface area contributed by atoms with Gasteiger partial charge in [0.15, 0.2) is 6.29 Å². The molecule has 8 nitrogen and oxygen atoms in total. The Morgan fingerprint density at radius 1 is 1.14 bits per heavy atom. The molecule has 2 saturated carbocycles. The number of hydrogen-bond acceptors (Lipinski definition) is 8. The van der Waals surface area contributed by atoms with E-state index in [0.29, 0.717) is 25.7 Å². The van der Waals surface area contributed by atoms with E-state index in [1.165, 1.54) is 5.57 Å². The number of methoxy groups -OCH3 is 1. The average Bonchev–Trinajstić information content (AvgIpc) is 3.29. The number of hydrogen-bond donors (Lipinski definition) is 3. The first kappa shape index (κ1) is 25.0. The fourth-order valence-corrected chi connectivity index (χ4v) is 8.80. The minimum absolute atomic E-state index is 0.0380. The lowest BCUT2D eigenvalue weighted by molar-refractivity contribution is -0.267. The Hall–Kier alpha value is -1.29. The number of aliphatic hydroxyl groups excluding tert-OH is 1. The van der Waals surface area contributed by atoms with Crippen molar-refractivity contribution in [1.29, 1.82) is 0 Å². The average molecular weight is 505 g/mol. The van der Waals surface area contributed by atoms with Crippen LogP contribution >= 0.6 is 0 Å². The zero-order valence-electron chi connectivity index (χ0n) is 21.7. The minimum atomic E-state index is -1.55. The van der Waals surface area contributed by atoms with Crippen molar-refractivity contribution < 1.29 is 39.1 Å². The largest absolute Gasteiger partial charge is 0.462 e. The van der Waals surface area contributed by atoms with Crippen LogP contribution in [0.3, 0.4) is 0 Å². The molecule has 4 fully saturated rings. The van der Waals surface area contributed by atoms with Gasteiger partial charge in [-0.2, -0.15) is 0 Å². The Kier molecular flexibility index (Phi) is 5.63. The highest BCUT2D eigenvalue weighted by molar-refractivity contribution is 5.85. The van der Waals surface area contributed by atoms with Crippen molar-refractivity contribution in [1.82, 2.24) is 0 Å². The number of carbonyl (C=O) groups excluding carboxylic acids is 1. The summed E-state index contributed by atoms with van der Waals surface area (Å²) in [5.74, 6) is -0.824. The number of carbonyl (C=O) groups is 1. The van der Waals surface area contributed by atoms with Crippen molar-refractivity contribution >= 4 is 5.97 Å². The third kappa shape index (κ3) is 3.00. The summed E-state index contributed by atoms with van der Waals surface area (Å²) in [6.45, 7) is 5.89. The van der Waals surface area contributed by atoms with Crippen molar-refractivity contribution in [2.75, 3.05) is 7.11 Å². The van der Waals surface area contributed by atoms with Gasteiger partial charge in [0.1, 0.15) is 28.8 Å². The van der Waals surface area contributed by atoms with Gasteiger partial charge >= 0.3 is 5.97 Å². The van der Waals surface area contributed by atoms with Crippen molar-refractivity contribution in [3.05, 3.63) is 23.8 Å². The van der Waals surface area contributed by atoms with Gasteiger partial charge in [-0.25, -0.2) is 0 Å². The fraction of sp³-hybridized carbons (Fsp3) is 0.821. The molecule has 0 amide bonds. The predicted molar refractivity (Wildman–Crippen MR) is 129 cm³/mol. The lowest BCUT2D eigenvalue weighted by Gasteiger charge is -2.61. The summed E-state index contributed by atoms with van der Waals surface area (Å²) in [6, 6.07) is 0. The molecule has 6 rings (SSSR count). The summed E-state index contributed by atoms with van der Waals surface area (Å²) >= 11 is 0. The van der Waals surface area contributed by atoms with E-state index in [9.17, 15) is 20.1 Å².